The summed E-state index contributed by atoms with van der Waals surface area (Å²) < 4.78 is 0. The zero-order valence-electron chi connectivity index (χ0n) is 31.2. The average Bonchev–Trinajstić information content (AvgIpc) is 3.28. The van der Waals surface area contributed by atoms with Crippen molar-refractivity contribution in [2.75, 3.05) is 4.90 Å². The van der Waals surface area contributed by atoms with Gasteiger partial charge in [-0.2, -0.15) is 0 Å². The number of nitrogens with zero attached hydrogens (tertiary/aromatic N) is 1. The molecule has 1 aliphatic rings. The van der Waals surface area contributed by atoms with Crippen molar-refractivity contribution >= 4 is 70.9 Å². The molecule has 0 atom stereocenters. The summed E-state index contributed by atoms with van der Waals surface area (Å²) in [6.45, 7) is 0. The molecule has 0 N–H and O–H groups in total. The Balaban J connectivity index is 1.01. The highest BCUT2D eigenvalue weighted by atomic mass is 15.2. The molecule has 12 rings (SSSR count). The van der Waals surface area contributed by atoms with Gasteiger partial charge in [-0.3, -0.25) is 0 Å². The van der Waals surface area contributed by atoms with Gasteiger partial charge < -0.3 is 4.90 Å². The molecule has 0 aromatic heterocycles. The Morgan fingerprint density at radius 2 is 0.737 bits per heavy atom. The number of fused-ring (bicyclic) bond motifs is 6. The summed E-state index contributed by atoms with van der Waals surface area (Å²) in [5.74, 6) is 0. The largest absolute Gasteiger partial charge is 0.309 e. The normalized spacial score (nSPS) is 12.2. The van der Waals surface area contributed by atoms with Crippen LogP contribution in [0.4, 0.5) is 17.1 Å². The Labute approximate surface area is 331 Å². The molecule has 0 aliphatic carbocycles. The molecule has 1 nitrogen and oxygen atoms in total. The molecule has 1 heteroatoms. The van der Waals surface area contributed by atoms with Crippen molar-refractivity contribution in [2.45, 2.75) is 0 Å². The molecule has 0 radical (unpaired) electrons. The summed E-state index contributed by atoms with van der Waals surface area (Å²) in [5, 5.41) is 12.6. The van der Waals surface area contributed by atoms with E-state index in [0.29, 0.717) is 0 Å². The van der Waals surface area contributed by atoms with Crippen LogP contribution in [-0.2, 0) is 0 Å². The lowest BCUT2D eigenvalue weighted by molar-refractivity contribution is 1.28. The van der Waals surface area contributed by atoms with E-state index in [4.69, 9.17) is 0 Å². The van der Waals surface area contributed by atoms with E-state index in [2.05, 4.69) is 217 Å². The van der Waals surface area contributed by atoms with E-state index in [9.17, 15) is 0 Å². The minimum absolute atomic E-state index is 1.16. The SMILES string of the molecule is c1ccc(N2c3ccccc3-c3cccc4cc(-c5ccc6cc(-c7c8ccccc8c(-c8ccc9ccccc9c8)c8ccccc78)ccc6c5)cc2c34)cc1. The van der Waals surface area contributed by atoms with Crippen molar-refractivity contribution in [1.82, 2.24) is 0 Å². The molecule has 11 aromatic carbocycles. The molecule has 0 spiro atoms. The van der Waals surface area contributed by atoms with Crippen LogP contribution in [0.2, 0.25) is 0 Å². The second-order valence-corrected chi connectivity index (χ2v) is 15.3. The number of hydrogen-bond acceptors (Lipinski definition) is 1. The van der Waals surface area contributed by atoms with Gasteiger partial charge in [0.1, 0.15) is 0 Å². The van der Waals surface area contributed by atoms with Crippen molar-refractivity contribution in [3.63, 3.8) is 0 Å². The Morgan fingerprint density at radius 1 is 0.263 bits per heavy atom. The van der Waals surface area contributed by atoms with Gasteiger partial charge in [0.05, 0.1) is 11.4 Å². The zero-order valence-corrected chi connectivity index (χ0v) is 31.2. The third-order valence-electron chi connectivity index (χ3n) is 12.1. The smallest absolute Gasteiger partial charge is 0.0552 e. The van der Waals surface area contributed by atoms with Crippen molar-refractivity contribution in [3.8, 4) is 44.5 Å². The lowest BCUT2D eigenvalue weighted by Gasteiger charge is -2.34. The molecule has 1 heterocycles. The molecule has 0 fully saturated rings. The molecule has 11 aromatic rings. The number of para-hydroxylation sites is 2. The van der Waals surface area contributed by atoms with Gasteiger partial charge in [0, 0.05) is 16.6 Å². The summed E-state index contributed by atoms with van der Waals surface area (Å²) in [4.78, 5) is 2.43. The second kappa shape index (κ2) is 12.5. The quantitative estimate of drug-likeness (QED) is 0.164. The zero-order chi connectivity index (χ0) is 37.5. The predicted octanol–water partition coefficient (Wildman–Crippen LogP) is 15.9. The van der Waals surface area contributed by atoms with Gasteiger partial charge in [-0.25, -0.2) is 0 Å². The first-order valence-electron chi connectivity index (χ1n) is 19.8. The molecule has 0 saturated heterocycles. The highest BCUT2D eigenvalue weighted by Crippen LogP contribution is 2.52. The van der Waals surface area contributed by atoms with Gasteiger partial charge >= 0.3 is 0 Å². The van der Waals surface area contributed by atoms with Gasteiger partial charge in [0.25, 0.3) is 0 Å². The van der Waals surface area contributed by atoms with Crippen molar-refractivity contribution in [1.29, 1.82) is 0 Å². The van der Waals surface area contributed by atoms with Crippen molar-refractivity contribution in [2.24, 2.45) is 0 Å². The van der Waals surface area contributed by atoms with Crippen molar-refractivity contribution < 1.29 is 0 Å². The van der Waals surface area contributed by atoms with Crippen LogP contribution < -0.4 is 4.90 Å². The minimum Gasteiger partial charge on any atom is -0.309 e. The maximum Gasteiger partial charge on any atom is 0.0552 e. The van der Waals surface area contributed by atoms with Crippen LogP contribution in [0.1, 0.15) is 0 Å². The summed E-state index contributed by atoms with van der Waals surface area (Å²) in [7, 11) is 0. The van der Waals surface area contributed by atoms with Gasteiger partial charge in [-0.05, 0) is 136 Å². The lowest BCUT2D eigenvalue weighted by Crippen LogP contribution is -2.15. The van der Waals surface area contributed by atoms with E-state index in [1.54, 1.807) is 0 Å². The lowest BCUT2D eigenvalue weighted by atomic mass is 9.85. The highest BCUT2D eigenvalue weighted by molar-refractivity contribution is 6.22. The van der Waals surface area contributed by atoms with E-state index in [-0.39, 0.29) is 0 Å². The third-order valence-corrected chi connectivity index (χ3v) is 12.1. The van der Waals surface area contributed by atoms with E-state index in [1.165, 1.54) is 110 Å². The highest BCUT2D eigenvalue weighted by Gasteiger charge is 2.26. The Morgan fingerprint density at radius 3 is 1.42 bits per heavy atom. The standard InChI is InChI=1S/C56H35N/c1-2-16-45(17-3-1)57-52-24-11-10-18-46(52)47-23-12-15-41-34-44(35-53(57)56(41)47)40-27-26-39-33-43(30-28-38(39)31-40)55-50-21-8-6-19-48(50)54(49-20-7-9-22-51(49)55)42-29-25-36-13-4-5-14-37(36)32-42/h1-35H. The van der Waals surface area contributed by atoms with Gasteiger partial charge in [-0.1, -0.05) is 164 Å². The van der Waals surface area contributed by atoms with Gasteiger partial charge in [0.15, 0.2) is 0 Å². The third kappa shape index (κ3) is 4.96. The molecular weight excluding hydrogens is 687 g/mol. The molecule has 0 amide bonds. The van der Waals surface area contributed by atoms with Gasteiger partial charge in [0.2, 0.25) is 0 Å². The maximum atomic E-state index is 2.43. The van der Waals surface area contributed by atoms with Crippen LogP contribution in [-0.4, -0.2) is 0 Å². The number of benzene rings is 11. The summed E-state index contributed by atoms with van der Waals surface area (Å²) in [5.41, 5.74) is 13.6. The number of rotatable bonds is 4. The van der Waals surface area contributed by atoms with Crippen molar-refractivity contribution in [3.05, 3.63) is 212 Å². The van der Waals surface area contributed by atoms with E-state index in [0.717, 1.165) is 5.69 Å². The van der Waals surface area contributed by atoms with Crippen LogP contribution in [0.25, 0.3) is 98.4 Å². The Bertz CT molecular complexity index is 3360. The Hall–Kier alpha value is -7.48. The summed E-state index contributed by atoms with van der Waals surface area (Å²) in [6.07, 6.45) is 0. The Kier molecular flexibility index (Phi) is 7.00. The first kappa shape index (κ1) is 31.8. The molecule has 0 bridgehead atoms. The van der Waals surface area contributed by atoms with Crippen LogP contribution in [0.3, 0.4) is 0 Å². The van der Waals surface area contributed by atoms with Crippen LogP contribution in [0.5, 0.6) is 0 Å². The molecule has 1 aliphatic heterocycles. The van der Waals surface area contributed by atoms with Crippen LogP contribution in [0, 0.1) is 0 Å². The number of hydrogen-bond donors (Lipinski definition) is 0. The summed E-state index contributed by atoms with van der Waals surface area (Å²) in [6, 6.07) is 78.4. The van der Waals surface area contributed by atoms with E-state index < -0.39 is 0 Å². The summed E-state index contributed by atoms with van der Waals surface area (Å²) >= 11 is 0. The first-order valence-corrected chi connectivity index (χ1v) is 19.8. The van der Waals surface area contributed by atoms with Crippen LogP contribution in [0.15, 0.2) is 212 Å². The monoisotopic (exact) mass is 721 g/mol. The topological polar surface area (TPSA) is 3.24 Å². The molecule has 0 saturated carbocycles. The maximum absolute atomic E-state index is 2.43. The van der Waals surface area contributed by atoms with Gasteiger partial charge in [-0.15, -0.1) is 0 Å². The number of anilines is 3. The molecular formula is C56H35N. The fourth-order valence-electron chi connectivity index (χ4n) is 9.53. The molecule has 264 valence electrons. The average molecular weight is 722 g/mol. The second-order valence-electron chi connectivity index (χ2n) is 15.3. The molecule has 57 heavy (non-hydrogen) atoms. The van der Waals surface area contributed by atoms with E-state index in [1.807, 2.05) is 0 Å². The predicted molar refractivity (Wildman–Crippen MR) is 244 cm³/mol. The fourth-order valence-corrected chi connectivity index (χ4v) is 9.53. The fraction of sp³-hybridized carbons (Fsp3) is 0. The van der Waals surface area contributed by atoms with E-state index >= 15 is 0 Å². The first-order chi connectivity index (χ1) is 28.3. The van der Waals surface area contributed by atoms with Crippen LogP contribution >= 0.6 is 0 Å². The minimum atomic E-state index is 1.16. The molecule has 0 unspecified atom stereocenters.